The summed E-state index contributed by atoms with van der Waals surface area (Å²) in [7, 11) is 1.27. The number of nitro groups is 1. The molecule has 4 aromatic rings. The number of benzene rings is 4. The molecule has 0 radical (unpaired) electrons. The Morgan fingerprint density at radius 1 is 0.878 bits per heavy atom. The van der Waals surface area contributed by atoms with E-state index in [1.165, 1.54) is 55.6 Å². The van der Waals surface area contributed by atoms with Crippen LogP contribution in [-0.2, 0) is 4.74 Å². The van der Waals surface area contributed by atoms with Crippen molar-refractivity contribution >= 4 is 46.5 Å². The van der Waals surface area contributed by atoms with Crippen molar-refractivity contribution < 1.29 is 33.6 Å². The van der Waals surface area contributed by atoms with Crippen LogP contribution in [-0.4, -0.2) is 35.6 Å². The molecule has 0 N–H and O–H groups in total. The van der Waals surface area contributed by atoms with Crippen LogP contribution in [0.5, 0.6) is 5.75 Å². The Labute approximate surface area is 237 Å². The van der Waals surface area contributed by atoms with Gasteiger partial charge in [0.2, 0.25) is 5.78 Å². The van der Waals surface area contributed by atoms with Crippen molar-refractivity contribution in [2.24, 2.45) is 0 Å². The molecular weight excluding hydrogens is 552 g/mol. The number of imide groups is 1. The lowest BCUT2D eigenvalue weighted by Crippen LogP contribution is -2.30. The number of fused-ring (bicyclic) bond motifs is 1. The second-order valence-corrected chi connectivity index (χ2v) is 9.27. The molecule has 4 aromatic carbocycles. The molecular formula is C30H19ClN2O8. The number of ether oxygens (including phenoxy) is 2. The standard InChI is InChI=1S/C30H19ClN2O8/c1-40-25-16-24(32-28(35)20-9-5-6-10-21(20)29(32)36)23(31)15-22(25)30(37)41-27(26(34)17-7-3-2-4-8-17)18-11-13-19(14-12-18)33(38)39/h2-16,27H,1H3/t27-/m1/s1. The van der Waals surface area contributed by atoms with E-state index in [2.05, 4.69) is 0 Å². The van der Waals surface area contributed by atoms with Gasteiger partial charge in [0.05, 0.1) is 33.9 Å². The smallest absolute Gasteiger partial charge is 0.343 e. The van der Waals surface area contributed by atoms with Gasteiger partial charge in [-0.05, 0) is 30.3 Å². The number of anilines is 1. The van der Waals surface area contributed by atoms with Crippen molar-refractivity contribution in [1.82, 2.24) is 0 Å². The Morgan fingerprint density at radius 2 is 1.46 bits per heavy atom. The maximum absolute atomic E-state index is 13.4. The van der Waals surface area contributed by atoms with Crippen molar-refractivity contribution in [3.63, 3.8) is 0 Å². The molecule has 0 aromatic heterocycles. The molecule has 2 amide bonds. The number of methoxy groups -OCH3 is 1. The SMILES string of the molecule is COc1cc(N2C(=O)c3ccccc3C2=O)c(Cl)cc1C(=O)O[C@@H](C(=O)c1ccccc1)c1ccc([N+](=O)[O-])cc1. The van der Waals surface area contributed by atoms with Crippen LogP contribution in [0, 0.1) is 10.1 Å². The number of nitrogens with zero attached hydrogens (tertiary/aromatic N) is 2. The first-order chi connectivity index (χ1) is 19.7. The van der Waals surface area contributed by atoms with E-state index in [0.717, 1.165) is 4.90 Å². The number of carbonyl (C=O) groups is 4. The molecule has 0 fully saturated rings. The second kappa shape index (κ2) is 11.0. The summed E-state index contributed by atoms with van der Waals surface area (Å²) in [5.74, 6) is -2.81. The first-order valence-corrected chi connectivity index (χ1v) is 12.5. The van der Waals surface area contributed by atoms with Gasteiger partial charge in [0.15, 0.2) is 6.10 Å². The van der Waals surface area contributed by atoms with Crippen LogP contribution in [0.15, 0.2) is 91.0 Å². The summed E-state index contributed by atoms with van der Waals surface area (Å²) in [4.78, 5) is 64.2. The highest BCUT2D eigenvalue weighted by atomic mass is 35.5. The normalized spacial score (nSPS) is 13.0. The molecule has 0 unspecified atom stereocenters. The first kappa shape index (κ1) is 27.2. The van der Waals surface area contributed by atoms with Gasteiger partial charge in [0.1, 0.15) is 11.3 Å². The molecule has 204 valence electrons. The minimum absolute atomic E-state index is 0.00134. The zero-order valence-corrected chi connectivity index (χ0v) is 22.0. The summed E-state index contributed by atoms with van der Waals surface area (Å²) in [6, 6.07) is 21.9. The van der Waals surface area contributed by atoms with Gasteiger partial charge in [0.25, 0.3) is 17.5 Å². The quantitative estimate of drug-likeness (QED) is 0.0848. The van der Waals surface area contributed by atoms with Crippen LogP contribution in [0.4, 0.5) is 11.4 Å². The average molecular weight is 571 g/mol. The second-order valence-electron chi connectivity index (χ2n) is 8.86. The Hall–Kier alpha value is -5.35. The van der Waals surface area contributed by atoms with Gasteiger partial charge in [-0.1, -0.05) is 54.1 Å². The van der Waals surface area contributed by atoms with Gasteiger partial charge in [-0.25, -0.2) is 9.69 Å². The maximum atomic E-state index is 13.4. The molecule has 1 aliphatic heterocycles. The lowest BCUT2D eigenvalue weighted by Gasteiger charge is -2.20. The van der Waals surface area contributed by atoms with E-state index in [1.807, 2.05) is 0 Å². The van der Waals surface area contributed by atoms with E-state index >= 15 is 0 Å². The number of esters is 1. The number of rotatable bonds is 8. The number of carbonyl (C=O) groups excluding carboxylic acids is 4. The molecule has 5 rings (SSSR count). The zero-order valence-electron chi connectivity index (χ0n) is 21.3. The summed E-state index contributed by atoms with van der Waals surface area (Å²) in [6.07, 6.45) is -1.47. The fraction of sp³-hybridized carbons (Fsp3) is 0.0667. The van der Waals surface area contributed by atoms with Crippen LogP contribution in [0.25, 0.3) is 0 Å². The van der Waals surface area contributed by atoms with E-state index in [1.54, 1.807) is 42.5 Å². The third kappa shape index (κ3) is 5.04. The Balaban J connectivity index is 1.50. The summed E-state index contributed by atoms with van der Waals surface area (Å²) < 4.78 is 11.0. The Kier molecular flexibility index (Phi) is 7.32. The minimum atomic E-state index is -1.47. The fourth-order valence-corrected chi connectivity index (χ4v) is 4.67. The molecule has 1 aliphatic rings. The highest BCUT2D eigenvalue weighted by molar-refractivity contribution is 6.40. The average Bonchev–Trinajstić information content (AvgIpc) is 3.25. The summed E-state index contributed by atoms with van der Waals surface area (Å²) in [5, 5.41) is 11.0. The number of hydrogen-bond donors (Lipinski definition) is 0. The molecule has 0 aliphatic carbocycles. The number of non-ortho nitro benzene ring substituents is 1. The molecule has 10 nitrogen and oxygen atoms in total. The lowest BCUT2D eigenvalue weighted by atomic mass is 9.99. The molecule has 1 atom stereocenters. The summed E-state index contributed by atoms with van der Waals surface area (Å²) >= 11 is 6.47. The molecule has 41 heavy (non-hydrogen) atoms. The van der Waals surface area contributed by atoms with E-state index in [9.17, 15) is 29.3 Å². The van der Waals surface area contributed by atoms with Crippen LogP contribution in [0.2, 0.25) is 5.02 Å². The predicted molar refractivity (Wildman–Crippen MR) is 148 cm³/mol. The Morgan fingerprint density at radius 3 is 2.02 bits per heavy atom. The fourth-order valence-electron chi connectivity index (χ4n) is 4.42. The summed E-state index contributed by atoms with van der Waals surface area (Å²) in [6.45, 7) is 0. The van der Waals surface area contributed by atoms with Gasteiger partial charge < -0.3 is 9.47 Å². The zero-order chi connectivity index (χ0) is 29.3. The van der Waals surface area contributed by atoms with Crippen molar-refractivity contribution in [1.29, 1.82) is 0 Å². The lowest BCUT2D eigenvalue weighted by molar-refractivity contribution is -0.384. The van der Waals surface area contributed by atoms with Gasteiger partial charge in [-0.3, -0.25) is 24.5 Å². The number of Topliss-reactive ketones (excluding diaryl/α,β-unsaturated/α-hetero) is 1. The van der Waals surface area contributed by atoms with E-state index in [-0.39, 0.29) is 50.0 Å². The number of halogens is 1. The highest BCUT2D eigenvalue weighted by Crippen LogP contribution is 2.38. The van der Waals surface area contributed by atoms with Gasteiger partial charge in [0, 0.05) is 29.3 Å². The van der Waals surface area contributed by atoms with Crippen molar-refractivity contribution in [2.45, 2.75) is 6.10 Å². The summed E-state index contributed by atoms with van der Waals surface area (Å²) in [5.41, 5.74) is 0.482. The monoisotopic (exact) mass is 570 g/mol. The topological polar surface area (TPSA) is 133 Å². The molecule has 0 saturated heterocycles. The molecule has 0 bridgehead atoms. The Bertz CT molecular complexity index is 1690. The third-order valence-electron chi connectivity index (χ3n) is 6.45. The van der Waals surface area contributed by atoms with Gasteiger partial charge in [-0.2, -0.15) is 0 Å². The predicted octanol–water partition coefficient (Wildman–Crippen LogP) is 5.84. The van der Waals surface area contributed by atoms with Crippen molar-refractivity contribution in [3.8, 4) is 5.75 Å². The first-order valence-electron chi connectivity index (χ1n) is 12.1. The van der Waals surface area contributed by atoms with E-state index in [0.29, 0.717) is 0 Å². The van der Waals surface area contributed by atoms with Crippen LogP contribution < -0.4 is 9.64 Å². The van der Waals surface area contributed by atoms with Crippen LogP contribution in [0.1, 0.15) is 53.1 Å². The minimum Gasteiger partial charge on any atom is -0.496 e. The number of amides is 2. The third-order valence-corrected chi connectivity index (χ3v) is 6.75. The van der Waals surface area contributed by atoms with Gasteiger partial charge in [-0.15, -0.1) is 0 Å². The van der Waals surface area contributed by atoms with Crippen LogP contribution in [0.3, 0.4) is 0 Å². The van der Waals surface area contributed by atoms with Crippen LogP contribution >= 0.6 is 11.6 Å². The van der Waals surface area contributed by atoms with E-state index in [4.69, 9.17) is 21.1 Å². The number of hydrogen-bond acceptors (Lipinski definition) is 8. The molecule has 0 saturated carbocycles. The molecule has 11 heteroatoms. The maximum Gasteiger partial charge on any atom is 0.343 e. The number of nitro benzene ring substituents is 1. The van der Waals surface area contributed by atoms with Crippen molar-refractivity contribution in [3.05, 3.63) is 134 Å². The molecule has 1 heterocycles. The van der Waals surface area contributed by atoms with Crippen molar-refractivity contribution in [2.75, 3.05) is 12.0 Å². The molecule has 0 spiro atoms. The largest absolute Gasteiger partial charge is 0.496 e. The number of ketones is 1. The van der Waals surface area contributed by atoms with Gasteiger partial charge >= 0.3 is 5.97 Å². The highest BCUT2D eigenvalue weighted by Gasteiger charge is 2.38. The van der Waals surface area contributed by atoms with E-state index < -0.39 is 34.6 Å².